The van der Waals surface area contributed by atoms with Gasteiger partial charge in [-0.1, -0.05) is 29.3 Å². The average molecular weight is 383 g/mol. The van der Waals surface area contributed by atoms with Crippen LogP contribution in [0.3, 0.4) is 0 Å². The Bertz CT molecular complexity index is 764. The minimum atomic E-state index is -0.460. The summed E-state index contributed by atoms with van der Waals surface area (Å²) >= 11 is 12.1. The molecule has 0 fully saturated rings. The first-order valence-corrected chi connectivity index (χ1v) is 7.84. The van der Waals surface area contributed by atoms with Crippen LogP contribution in [-0.4, -0.2) is 33.5 Å². The van der Waals surface area contributed by atoms with Crippen LogP contribution < -0.4 is 19.6 Å². The molecule has 0 unspecified atom stereocenters. The van der Waals surface area contributed by atoms with Gasteiger partial charge in [0.05, 0.1) is 37.6 Å². The fourth-order valence-electron chi connectivity index (χ4n) is 2.07. The number of ether oxygens (including phenoxy) is 3. The van der Waals surface area contributed by atoms with E-state index < -0.39 is 5.91 Å². The maximum atomic E-state index is 12.3. The Balaban J connectivity index is 2.22. The van der Waals surface area contributed by atoms with Crippen molar-refractivity contribution in [1.29, 1.82) is 0 Å². The highest BCUT2D eigenvalue weighted by molar-refractivity contribution is 6.38. The second kappa shape index (κ2) is 8.60. The number of hydrazone groups is 1. The molecular formula is C17H16Cl2N2O4. The highest BCUT2D eigenvalue weighted by atomic mass is 35.5. The lowest BCUT2D eigenvalue weighted by Crippen LogP contribution is -2.18. The third-order valence-corrected chi connectivity index (χ3v) is 3.95. The average Bonchev–Trinajstić information content (AvgIpc) is 2.62. The summed E-state index contributed by atoms with van der Waals surface area (Å²) in [5.41, 5.74) is 3.20. The van der Waals surface area contributed by atoms with Crippen molar-refractivity contribution in [3.8, 4) is 17.2 Å². The molecule has 132 valence electrons. The number of nitrogens with one attached hydrogen (secondary N) is 1. The third-order valence-electron chi connectivity index (χ3n) is 3.29. The van der Waals surface area contributed by atoms with Gasteiger partial charge in [-0.05, 0) is 24.3 Å². The largest absolute Gasteiger partial charge is 0.493 e. The number of hydrogen-bond donors (Lipinski definition) is 1. The second-order valence-electron chi connectivity index (χ2n) is 4.75. The minimum absolute atomic E-state index is 0.289. The van der Waals surface area contributed by atoms with Gasteiger partial charge in [0.25, 0.3) is 5.91 Å². The summed E-state index contributed by atoms with van der Waals surface area (Å²) in [5.74, 6) is 0.668. The van der Waals surface area contributed by atoms with Gasteiger partial charge < -0.3 is 14.2 Å². The summed E-state index contributed by atoms with van der Waals surface area (Å²) in [6.45, 7) is 0. The lowest BCUT2D eigenvalue weighted by Gasteiger charge is -2.13. The molecule has 0 heterocycles. The molecule has 0 spiro atoms. The third kappa shape index (κ3) is 4.35. The first-order chi connectivity index (χ1) is 12.0. The molecule has 0 aliphatic rings. The van der Waals surface area contributed by atoms with Crippen molar-refractivity contribution in [2.45, 2.75) is 0 Å². The van der Waals surface area contributed by atoms with E-state index in [4.69, 9.17) is 37.4 Å². The number of rotatable bonds is 6. The lowest BCUT2D eigenvalue weighted by atomic mass is 10.1. The Hall–Kier alpha value is -2.44. The molecule has 0 saturated heterocycles. The number of methoxy groups -OCH3 is 3. The van der Waals surface area contributed by atoms with Gasteiger partial charge in [0, 0.05) is 11.1 Å². The molecule has 8 heteroatoms. The van der Waals surface area contributed by atoms with Gasteiger partial charge in [-0.2, -0.15) is 5.10 Å². The van der Waals surface area contributed by atoms with Crippen molar-refractivity contribution in [1.82, 2.24) is 5.43 Å². The topological polar surface area (TPSA) is 69.2 Å². The number of carbonyl (C=O) groups excluding carboxylic acids is 1. The van der Waals surface area contributed by atoms with E-state index in [0.29, 0.717) is 32.9 Å². The van der Waals surface area contributed by atoms with E-state index in [-0.39, 0.29) is 5.56 Å². The van der Waals surface area contributed by atoms with Crippen LogP contribution in [0.2, 0.25) is 10.0 Å². The van der Waals surface area contributed by atoms with Crippen molar-refractivity contribution >= 4 is 35.3 Å². The van der Waals surface area contributed by atoms with Gasteiger partial charge >= 0.3 is 0 Å². The number of benzene rings is 2. The van der Waals surface area contributed by atoms with Crippen LogP contribution in [0.25, 0.3) is 0 Å². The van der Waals surface area contributed by atoms with Gasteiger partial charge in [0.15, 0.2) is 11.5 Å². The van der Waals surface area contributed by atoms with Crippen LogP contribution in [0.5, 0.6) is 17.2 Å². The van der Waals surface area contributed by atoms with Gasteiger partial charge in [0.2, 0.25) is 5.75 Å². The molecule has 2 aromatic rings. The SMILES string of the molecule is COc1cc(C(=O)N/N=C/c2c(Cl)cccc2Cl)cc(OC)c1OC. The predicted molar refractivity (Wildman–Crippen MR) is 97.6 cm³/mol. The van der Waals surface area contributed by atoms with E-state index in [1.807, 2.05) is 0 Å². The van der Waals surface area contributed by atoms with Crippen molar-refractivity contribution in [2.24, 2.45) is 5.10 Å². The van der Waals surface area contributed by atoms with Crippen molar-refractivity contribution in [3.63, 3.8) is 0 Å². The molecule has 25 heavy (non-hydrogen) atoms. The van der Waals surface area contributed by atoms with Crippen LogP contribution in [0.4, 0.5) is 0 Å². The summed E-state index contributed by atoms with van der Waals surface area (Å²) < 4.78 is 15.7. The quantitative estimate of drug-likeness (QED) is 0.609. The summed E-state index contributed by atoms with van der Waals surface area (Å²) in [6.07, 6.45) is 1.38. The Kier molecular flexibility index (Phi) is 6.50. The molecule has 0 aromatic heterocycles. The Morgan fingerprint density at radius 1 is 1.04 bits per heavy atom. The first kappa shape index (κ1) is 18.9. The maximum absolute atomic E-state index is 12.3. The maximum Gasteiger partial charge on any atom is 0.271 e. The first-order valence-electron chi connectivity index (χ1n) is 7.09. The molecule has 6 nitrogen and oxygen atoms in total. The summed E-state index contributed by atoms with van der Waals surface area (Å²) in [4.78, 5) is 12.3. The normalized spacial score (nSPS) is 10.6. The molecule has 1 N–H and O–H groups in total. The number of hydrogen-bond acceptors (Lipinski definition) is 5. The van der Waals surface area contributed by atoms with Crippen molar-refractivity contribution < 1.29 is 19.0 Å². The van der Waals surface area contributed by atoms with Gasteiger partial charge in [-0.15, -0.1) is 0 Å². The fourth-order valence-corrected chi connectivity index (χ4v) is 2.56. The molecular weight excluding hydrogens is 367 g/mol. The molecule has 0 saturated carbocycles. The van der Waals surface area contributed by atoms with Crippen LogP contribution in [0, 0.1) is 0 Å². The molecule has 2 rings (SSSR count). The van der Waals surface area contributed by atoms with E-state index >= 15 is 0 Å². The summed E-state index contributed by atoms with van der Waals surface area (Å²) in [7, 11) is 4.42. The Morgan fingerprint density at radius 2 is 1.60 bits per heavy atom. The summed E-state index contributed by atoms with van der Waals surface area (Å²) in [5, 5.41) is 4.74. The predicted octanol–water partition coefficient (Wildman–Crippen LogP) is 3.78. The number of carbonyl (C=O) groups is 1. The molecule has 0 aliphatic carbocycles. The van der Waals surface area contributed by atoms with Crippen LogP contribution in [0.1, 0.15) is 15.9 Å². The van der Waals surface area contributed by atoms with Crippen LogP contribution >= 0.6 is 23.2 Å². The zero-order valence-corrected chi connectivity index (χ0v) is 15.3. The van der Waals surface area contributed by atoms with Gasteiger partial charge in [0.1, 0.15) is 0 Å². The molecule has 0 aliphatic heterocycles. The van der Waals surface area contributed by atoms with E-state index in [1.165, 1.54) is 39.7 Å². The molecule has 2 aromatic carbocycles. The highest BCUT2D eigenvalue weighted by Crippen LogP contribution is 2.38. The van der Waals surface area contributed by atoms with E-state index in [2.05, 4.69) is 10.5 Å². The monoisotopic (exact) mass is 382 g/mol. The van der Waals surface area contributed by atoms with Crippen molar-refractivity contribution in [2.75, 3.05) is 21.3 Å². The zero-order chi connectivity index (χ0) is 18.4. The zero-order valence-electron chi connectivity index (χ0n) is 13.8. The molecule has 1 amide bonds. The van der Waals surface area contributed by atoms with Crippen LogP contribution in [0.15, 0.2) is 35.4 Å². The van der Waals surface area contributed by atoms with Crippen LogP contribution in [-0.2, 0) is 0 Å². The van der Waals surface area contributed by atoms with Crippen molar-refractivity contribution in [3.05, 3.63) is 51.5 Å². The Morgan fingerprint density at radius 3 is 2.08 bits per heavy atom. The molecule has 0 bridgehead atoms. The highest BCUT2D eigenvalue weighted by Gasteiger charge is 2.16. The lowest BCUT2D eigenvalue weighted by molar-refractivity contribution is 0.0954. The minimum Gasteiger partial charge on any atom is -0.493 e. The summed E-state index contributed by atoms with van der Waals surface area (Å²) in [6, 6.07) is 8.12. The van der Waals surface area contributed by atoms with Gasteiger partial charge in [-0.3, -0.25) is 4.79 Å². The number of halogens is 2. The van der Waals surface area contributed by atoms with E-state index in [0.717, 1.165) is 0 Å². The second-order valence-corrected chi connectivity index (χ2v) is 5.56. The van der Waals surface area contributed by atoms with E-state index in [9.17, 15) is 4.79 Å². The molecule has 0 atom stereocenters. The number of amides is 1. The standard InChI is InChI=1S/C17H16Cl2N2O4/c1-23-14-7-10(8-15(24-2)16(14)25-3)17(22)21-20-9-11-12(18)5-4-6-13(11)19/h4-9H,1-3H3,(H,21,22)/b20-9+. The van der Waals surface area contributed by atoms with E-state index in [1.54, 1.807) is 18.2 Å². The van der Waals surface area contributed by atoms with Gasteiger partial charge in [-0.25, -0.2) is 5.43 Å². The Labute approximate surface area is 155 Å². The number of nitrogens with zero attached hydrogens (tertiary/aromatic N) is 1. The smallest absolute Gasteiger partial charge is 0.271 e. The molecule has 0 radical (unpaired) electrons. The fraction of sp³-hybridized carbons (Fsp3) is 0.176.